The van der Waals surface area contributed by atoms with E-state index < -0.39 is 8.03 Å². The first-order valence-electron chi connectivity index (χ1n) is 5.07. The van der Waals surface area contributed by atoms with Crippen LogP contribution in [0.2, 0.25) is 0 Å². The third kappa shape index (κ3) is 1.37. The Labute approximate surface area is 89.1 Å². The minimum absolute atomic E-state index is 0.809. The molecule has 2 nitrogen and oxygen atoms in total. The van der Waals surface area contributed by atoms with E-state index in [-0.39, 0.29) is 0 Å². The maximum absolute atomic E-state index is 11.8. The third-order valence-electron chi connectivity index (χ3n) is 2.80. The summed E-state index contributed by atoms with van der Waals surface area (Å²) >= 11 is 0. The van der Waals surface area contributed by atoms with Crippen LogP contribution in [0.4, 0.5) is 0 Å². The minimum Gasteiger partial charge on any atom is -0.441 e. The third-order valence-corrected chi connectivity index (χ3v) is 4.08. The number of allylic oxidation sites excluding steroid dienone is 3. The second-order valence-electron chi connectivity index (χ2n) is 3.72. The van der Waals surface area contributed by atoms with Gasteiger partial charge in [-0.15, -0.1) is 0 Å². The Morgan fingerprint density at radius 3 is 3.07 bits per heavy atom. The molecule has 3 heteroatoms. The van der Waals surface area contributed by atoms with Gasteiger partial charge in [0.1, 0.15) is 5.76 Å². The molecular weight excluding hydrogens is 207 g/mol. The van der Waals surface area contributed by atoms with E-state index in [0.29, 0.717) is 0 Å². The van der Waals surface area contributed by atoms with Crippen molar-refractivity contribution in [2.75, 3.05) is 0 Å². The Balaban J connectivity index is 2.25. The van der Waals surface area contributed by atoms with Crippen molar-refractivity contribution in [3.8, 4) is 0 Å². The molecule has 0 spiro atoms. The molecule has 0 N–H and O–H groups in total. The van der Waals surface area contributed by atoms with Crippen LogP contribution in [0.25, 0.3) is 5.57 Å². The zero-order chi connectivity index (χ0) is 10.3. The van der Waals surface area contributed by atoms with Crippen molar-refractivity contribution in [3.63, 3.8) is 0 Å². The maximum Gasteiger partial charge on any atom is 0.266 e. The van der Waals surface area contributed by atoms with Crippen molar-refractivity contribution in [1.82, 2.24) is 0 Å². The van der Waals surface area contributed by atoms with E-state index in [4.69, 9.17) is 4.52 Å². The molecule has 1 atom stereocenters. The summed E-state index contributed by atoms with van der Waals surface area (Å²) < 4.78 is 17.3. The zero-order valence-corrected chi connectivity index (χ0v) is 9.19. The normalized spacial score (nSPS) is 23.1. The molecule has 0 amide bonds. The lowest BCUT2D eigenvalue weighted by Gasteiger charge is -2.23. The van der Waals surface area contributed by atoms with Gasteiger partial charge in [0.2, 0.25) is 0 Å². The second-order valence-corrected chi connectivity index (χ2v) is 5.04. The van der Waals surface area contributed by atoms with Crippen LogP contribution >= 0.6 is 8.03 Å². The summed E-state index contributed by atoms with van der Waals surface area (Å²) in [6, 6.07) is 7.84. The molecule has 0 radical (unpaired) electrons. The molecule has 1 unspecified atom stereocenters. The Bertz CT molecular complexity index is 500. The number of benzene rings is 1. The first-order chi connectivity index (χ1) is 7.36. The summed E-state index contributed by atoms with van der Waals surface area (Å²) in [5.41, 5.74) is 2.32. The molecule has 3 rings (SSSR count). The molecule has 0 saturated heterocycles. The first-order valence-corrected chi connectivity index (χ1v) is 6.39. The molecule has 15 heavy (non-hydrogen) atoms. The highest BCUT2D eigenvalue weighted by atomic mass is 31.1. The van der Waals surface area contributed by atoms with E-state index in [1.807, 2.05) is 30.3 Å². The van der Waals surface area contributed by atoms with Gasteiger partial charge >= 0.3 is 0 Å². The van der Waals surface area contributed by atoms with Crippen LogP contribution < -0.4 is 5.30 Å². The molecule has 1 heterocycles. The molecule has 1 aromatic rings. The summed E-state index contributed by atoms with van der Waals surface area (Å²) in [5, 5.41) is 0.872. The Kier molecular flexibility index (Phi) is 2.03. The lowest BCUT2D eigenvalue weighted by Crippen LogP contribution is -2.13. The number of fused-ring (bicyclic) bond motifs is 2. The highest BCUT2D eigenvalue weighted by Gasteiger charge is 2.24. The highest BCUT2D eigenvalue weighted by molar-refractivity contribution is 7.48. The lowest BCUT2D eigenvalue weighted by molar-refractivity contribution is 0.443. The summed E-state index contributed by atoms with van der Waals surface area (Å²) in [6.45, 7) is 0. The molecule has 1 aliphatic carbocycles. The number of hydrogen-bond donors (Lipinski definition) is 0. The van der Waals surface area contributed by atoms with Gasteiger partial charge in [0.15, 0.2) is 0 Å². The van der Waals surface area contributed by atoms with Crippen LogP contribution in [0, 0.1) is 0 Å². The molecule has 2 aliphatic rings. The standard InChI is InChI=1S/C12H11O2P/c13-15-12-8-4-2-6-10(12)9-5-1-3-7-11(9)14-15/h2-4,6-8,15H,1,5H2. The summed E-state index contributed by atoms with van der Waals surface area (Å²) in [5.74, 6) is 0.809. The monoisotopic (exact) mass is 218 g/mol. The van der Waals surface area contributed by atoms with Gasteiger partial charge in [0.05, 0.1) is 5.30 Å². The van der Waals surface area contributed by atoms with Gasteiger partial charge in [-0.2, -0.15) is 0 Å². The fraction of sp³-hybridized carbons (Fsp3) is 0.167. The van der Waals surface area contributed by atoms with Crippen LogP contribution in [0.3, 0.4) is 0 Å². The maximum atomic E-state index is 11.8. The topological polar surface area (TPSA) is 26.3 Å². The van der Waals surface area contributed by atoms with Crippen molar-refractivity contribution in [2.24, 2.45) is 0 Å². The molecule has 1 aliphatic heterocycles. The van der Waals surface area contributed by atoms with Gasteiger partial charge in [0, 0.05) is 5.57 Å². The van der Waals surface area contributed by atoms with Crippen molar-refractivity contribution in [3.05, 3.63) is 47.7 Å². The predicted octanol–water partition coefficient (Wildman–Crippen LogP) is 2.88. The van der Waals surface area contributed by atoms with Crippen molar-refractivity contribution in [2.45, 2.75) is 12.8 Å². The smallest absolute Gasteiger partial charge is 0.266 e. The molecule has 0 saturated carbocycles. The fourth-order valence-corrected chi connectivity index (χ4v) is 3.27. The summed E-state index contributed by atoms with van der Waals surface area (Å²) in [6.07, 6.45) is 6.04. The predicted molar refractivity (Wildman–Crippen MR) is 61.5 cm³/mol. The number of rotatable bonds is 0. The molecule has 0 bridgehead atoms. The van der Waals surface area contributed by atoms with Crippen LogP contribution in [-0.2, 0) is 9.09 Å². The molecule has 1 aromatic carbocycles. The zero-order valence-electron chi connectivity index (χ0n) is 8.19. The SMILES string of the molecule is O=[PH]1OC2=C(CCC=C2)c2ccccc21. The van der Waals surface area contributed by atoms with E-state index in [9.17, 15) is 4.57 Å². The van der Waals surface area contributed by atoms with Crippen LogP contribution in [0.15, 0.2) is 42.2 Å². The average Bonchev–Trinajstić information content (AvgIpc) is 2.30. The van der Waals surface area contributed by atoms with Gasteiger partial charge in [-0.1, -0.05) is 24.3 Å². The Hall–Kier alpha value is -1.27. The largest absolute Gasteiger partial charge is 0.441 e. The van der Waals surface area contributed by atoms with E-state index in [0.717, 1.165) is 29.5 Å². The molecule has 0 fully saturated rings. The summed E-state index contributed by atoms with van der Waals surface area (Å²) in [7, 11) is -2.08. The van der Waals surface area contributed by atoms with Crippen molar-refractivity contribution < 1.29 is 9.09 Å². The molecular formula is C12H11O2P. The van der Waals surface area contributed by atoms with Crippen molar-refractivity contribution >= 4 is 18.9 Å². The van der Waals surface area contributed by atoms with Crippen molar-refractivity contribution in [1.29, 1.82) is 0 Å². The van der Waals surface area contributed by atoms with Gasteiger partial charge in [-0.25, -0.2) is 0 Å². The van der Waals surface area contributed by atoms with Crippen LogP contribution in [0.5, 0.6) is 0 Å². The quantitative estimate of drug-likeness (QED) is 0.626. The second kappa shape index (κ2) is 3.39. The van der Waals surface area contributed by atoms with Gasteiger partial charge in [0.25, 0.3) is 8.03 Å². The van der Waals surface area contributed by atoms with Gasteiger partial charge in [-0.05, 0) is 30.5 Å². The summed E-state index contributed by atoms with van der Waals surface area (Å²) in [4.78, 5) is 0. The lowest BCUT2D eigenvalue weighted by atomic mass is 9.96. The van der Waals surface area contributed by atoms with Gasteiger partial charge < -0.3 is 4.52 Å². The molecule has 0 aromatic heterocycles. The average molecular weight is 218 g/mol. The van der Waals surface area contributed by atoms with Crippen LogP contribution in [0.1, 0.15) is 18.4 Å². The van der Waals surface area contributed by atoms with E-state index in [1.165, 1.54) is 5.57 Å². The highest BCUT2D eigenvalue weighted by Crippen LogP contribution is 2.41. The Morgan fingerprint density at radius 2 is 2.13 bits per heavy atom. The van der Waals surface area contributed by atoms with E-state index >= 15 is 0 Å². The first kappa shape index (κ1) is 8.99. The van der Waals surface area contributed by atoms with Crippen LogP contribution in [-0.4, -0.2) is 0 Å². The van der Waals surface area contributed by atoms with E-state index in [1.54, 1.807) is 0 Å². The molecule has 76 valence electrons. The van der Waals surface area contributed by atoms with Gasteiger partial charge in [-0.3, -0.25) is 4.57 Å². The number of hydrogen-bond acceptors (Lipinski definition) is 2. The fourth-order valence-electron chi connectivity index (χ4n) is 2.08. The van der Waals surface area contributed by atoms with E-state index in [2.05, 4.69) is 6.08 Å². The minimum atomic E-state index is -2.08. The Morgan fingerprint density at radius 1 is 1.27 bits per heavy atom.